The van der Waals surface area contributed by atoms with Gasteiger partial charge in [0.25, 0.3) is 5.89 Å². The highest BCUT2D eigenvalue weighted by Gasteiger charge is 2.50. The zero-order valence-electron chi connectivity index (χ0n) is 13.7. The van der Waals surface area contributed by atoms with Crippen molar-refractivity contribution in [3.63, 3.8) is 0 Å². The van der Waals surface area contributed by atoms with Crippen LogP contribution in [0.25, 0.3) is 11.4 Å². The molecule has 0 spiro atoms. The number of carbonyl (C=O) groups is 1. The lowest BCUT2D eigenvalue weighted by atomic mass is 10.2. The van der Waals surface area contributed by atoms with Crippen LogP contribution in [0.2, 0.25) is 0 Å². The third kappa shape index (κ3) is 3.24. The summed E-state index contributed by atoms with van der Waals surface area (Å²) < 4.78 is 11.2. The number of rotatable bonds is 5. The monoisotopic (exact) mass is 335 g/mol. The molecule has 4 rings (SSSR count). The summed E-state index contributed by atoms with van der Waals surface area (Å²) in [6, 6.07) is 17.1. The Morgan fingerprint density at radius 3 is 2.60 bits per heavy atom. The molecule has 1 amide bonds. The maximum Gasteiger partial charge on any atom is 0.252 e. The molecule has 25 heavy (non-hydrogen) atoms. The fourth-order valence-corrected chi connectivity index (χ4v) is 2.71. The molecule has 3 aromatic rings. The van der Waals surface area contributed by atoms with E-state index in [1.54, 1.807) is 0 Å². The molecule has 0 unspecified atom stereocenters. The molecule has 1 fully saturated rings. The molecule has 6 nitrogen and oxygen atoms in total. The van der Waals surface area contributed by atoms with E-state index in [1.807, 2.05) is 54.6 Å². The van der Waals surface area contributed by atoms with Crippen molar-refractivity contribution in [3.05, 3.63) is 60.5 Å². The van der Waals surface area contributed by atoms with Crippen LogP contribution in [0.5, 0.6) is 11.5 Å². The zero-order valence-corrected chi connectivity index (χ0v) is 13.7. The van der Waals surface area contributed by atoms with E-state index in [1.165, 1.54) is 6.92 Å². The number of hydrogen-bond acceptors (Lipinski definition) is 5. The Morgan fingerprint density at radius 1 is 1.12 bits per heavy atom. The van der Waals surface area contributed by atoms with Crippen LogP contribution in [0, 0.1) is 0 Å². The van der Waals surface area contributed by atoms with E-state index < -0.39 is 5.54 Å². The molecule has 1 N–H and O–H groups in total. The van der Waals surface area contributed by atoms with Gasteiger partial charge in [0, 0.05) is 12.5 Å². The molecular weight excluding hydrogens is 318 g/mol. The Morgan fingerprint density at radius 2 is 1.88 bits per heavy atom. The lowest BCUT2D eigenvalue weighted by Crippen LogP contribution is -2.33. The molecule has 6 heteroatoms. The van der Waals surface area contributed by atoms with Gasteiger partial charge in [0.05, 0.1) is 0 Å². The Balaban J connectivity index is 1.57. The van der Waals surface area contributed by atoms with Crippen molar-refractivity contribution < 1.29 is 14.1 Å². The largest absolute Gasteiger partial charge is 0.457 e. The van der Waals surface area contributed by atoms with Crippen LogP contribution in [-0.2, 0) is 10.3 Å². The number of amides is 1. The van der Waals surface area contributed by atoms with Crippen LogP contribution in [0.4, 0.5) is 0 Å². The maximum absolute atomic E-state index is 11.4. The molecule has 0 radical (unpaired) electrons. The van der Waals surface area contributed by atoms with Crippen molar-refractivity contribution in [3.8, 4) is 22.9 Å². The molecule has 0 bridgehead atoms. The van der Waals surface area contributed by atoms with Crippen molar-refractivity contribution in [2.75, 3.05) is 0 Å². The van der Waals surface area contributed by atoms with Gasteiger partial charge in [-0.3, -0.25) is 4.79 Å². The van der Waals surface area contributed by atoms with Gasteiger partial charge in [0.1, 0.15) is 17.0 Å². The molecule has 126 valence electrons. The summed E-state index contributed by atoms with van der Waals surface area (Å²) in [5.74, 6) is 2.28. The van der Waals surface area contributed by atoms with Gasteiger partial charge in [-0.1, -0.05) is 35.5 Å². The molecule has 0 atom stereocenters. The highest BCUT2D eigenvalue weighted by molar-refractivity contribution is 5.74. The molecular formula is C19H17N3O3. The van der Waals surface area contributed by atoms with Crippen molar-refractivity contribution in [1.82, 2.24) is 15.5 Å². The first-order valence-corrected chi connectivity index (χ1v) is 8.11. The molecule has 1 saturated carbocycles. The van der Waals surface area contributed by atoms with Crippen LogP contribution in [0.1, 0.15) is 25.7 Å². The second-order valence-electron chi connectivity index (χ2n) is 6.13. The summed E-state index contributed by atoms with van der Waals surface area (Å²) >= 11 is 0. The smallest absolute Gasteiger partial charge is 0.252 e. The lowest BCUT2D eigenvalue weighted by molar-refractivity contribution is -0.120. The molecule has 0 saturated heterocycles. The van der Waals surface area contributed by atoms with Crippen LogP contribution in [0.3, 0.4) is 0 Å². The molecule has 2 aromatic carbocycles. The average molecular weight is 335 g/mol. The Labute approximate surface area is 144 Å². The first kappa shape index (κ1) is 15.4. The predicted octanol–water partition coefficient (Wildman–Crippen LogP) is 3.65. The minimum atomic E-state index is -0.491. The number of para-hydroxylation sites is 1. The Hall–Kier alpha value is -3.15. The maximum atomic E-state index is 11.4. The van der Waals surface area contributed by atoms with Crippen LogP contribution >= 0.6 is 0 Å². The number of aromatic nitrogens is 2. The summed E-state index contributed by atoms with van der Waals surface area (Å²) in [6.07, 6.45) is 1.62. The van der Waals surface area contributed by atoms with Gasteiger partial charge in [-0.2, -0.15) is 4.98 Å². The van der Waals surface area contributed by atoms with E-state index in [0.29, 0.717) is 17.5 Å². The topological polar surface area (TPSA) is 77.2 Å². The van der Waals surface area contributed by atoms with Crippen LogP contribution in [0.15, 0.2) is 59.1 Å². The Bertz CT molecular complexity index is 901. The average Bonchev–Trinajstić information content (AvgIpc) is 3.20. The second kappa shape index (κ2) is 6.05. The van der Waals surface area contributed by atoms with E-state index >= 15 is 0 Å². The number of nitrogens with one attached hydrogen (secondary N) is 1. The number of ether oxygens (including phenoxy) is 1. The van der Waals surface area contributed by atoms with Crippen molar-refractivity contribution >= 4 is 5.91 Å². The van der Waals surface area contributed by atoms with Crippen LogP contribution < -0.4 is 10.1 Å². The van der Waals surface area contributed by atoms with Gasteiger partial charge in [0.15, 0.2) is 0 Å². The number of benzene rings is 2. The SMILES string of the molecule is CC(=O)NC1(c2nc(-c3cccc(Oc4ccccc4)c3)no2)CC1. The quantitative estimate of drug-likeness (QED) is 0.770. The fourth-order valence-electron chi connectivity index (χ4n) is 2.71. The number of hydrogen-bond donors (Lipinski definition) is 1. The van der Waals surface area contributed by atoms with Crippen molar-refractivity contribution in [2.24, 2.45) is 0 Å². The zero-order chi connectivity index (χ0) is 17.3. The van der Waals surface area contributed by atoms with Crippen molar-refractivity contribution in [1.29, 1.82) is 0 Å². The van der Waals surface area contributed by atoms with E-state index in [9.17, 15) is 4.79 Å². The third-order valence-corrected chi connectivity index (χ3v) is 4.07. The second-order valence-corrected chi connectivity index (χ2v) is 6.13. The van der Waals surface area contributed by atoms with E-state index in [0.717, 1.165) is 24.2 Å². The van der Waals surface area contributed by atoms with E-state index in [2.05, 4.69) is 15.5 Å². The lowest BCUT2D eigenvalue weighted by Gasteiger charge is -2.10. The summed E-state index contributed by atoms with van der Waals surface area (Å²) in [7, 11) is 0. The van der Waals surface area contributed by atoms with E-state index in [-0.39, 0.29) is 5.91 Å². The van der Waals surface area contributed by atoms with Gasteiger partial charge in [-0.25, -0.2) is 0 Å². The molecule has 1 heterocycles. The third-order valence-electron chi connectivity index (χ3n) is 4.07. The Kier molecular flexibility index (Phi) is 3.72. The minimum absolute atomic E-state index is 0.101. The summed E-state index contributed by atoms with van der Waals surface area (Å²) in [6.45, 7) is 1.49. The van der Waals surface area contributed by atoms with E-state index in [4.69, 9.17) is 9.26 Å². The minimum Gasteiger partial charge on any atom is -0.457 e. The van der Waals surface area contributed by atoms with Gasteiger partial charge < -0.3 is 14.6 Å². The van der Waals surface area contributed by atoms with Gasteiger partial charge in [-0.05, 0) is 37.1 Å². The first-order chi connectivity index (χ1) is 12.1. The normalized spacial score (nSPS) is 14.8. The summed E-state index contributed by atoms with van der Waals surface area (Å²) in [5.41, 5.74) is 0.303. The molecule has 0 aliphatic heterocycles. The van der Waals surface area contributed by atoms with Gasteiger partial charge in [0.2, 0.25) is 11.7 Å². The fraction of sp³-hybridized carbons (Fsp3) is 0.211. The summed E-state index contributed by atoms with van der Waals surface area (Å²) in [4.78, 5) is 15.8. The standard InChI is InChI=1S/C19H17N3O3/c1-13(23)21-19(10-11-19)18-20-17(22-25-18)14-6-5-9-16(12-14)24-15-7-3-2-4-8-15/h2-9,12H,10-11H2,1H3,(H,21,23). The highest BCUT2D eigenvalue weighted by atomic mass is 16.5. The number of carbonyl (C=O) groups excluding carboxylic acids is 1. The first-order valence-electron chi connectivity index (χ1n) is 8.11. The number of nitrogens with zero attached hydrogens (tertiary/aromatic N) is 2. The molecule has 1 aliphatic carbocycles. The summed E-state index contributed by atoms with van der Waals surface area (Å²) in [5, 5.41) is 6.95. The molecule has 1 aromatic heterocycles. The predicted molar refractivity (Wildman–Crippen MR) is 91.0 cm³/mol. The highest BCUT2D eigenvalue weighted by Crippen LogP contribution is 2.45. The van der Waals surface area contributed by atoms with Crippen LogP contribution in [-0.4, -0.2) is 16.0 Å². The molecule has 1 aliphatic rings. The van der Waals surface area contributed by atoms with Gasteiger partial charge >= 0.3 is 0 Å². The van der Waals surface area contributed by atoms with Gasteiger partial charge in [-0.15, -0.1) is 0 Å². The van der Waals surface area contributed by atoms with Crippen molar-refractivity contribution in [2.45, 2.75) is 25.3 Å².